The predicted octanol–water partition coefficient (Wildman–Crippen LogP) is 5.43. The fourth-order valence-electron chi connectivity index (χ4n) is 3.53. The summed E-state index contributed by atoms with van der Waals surface area (Å²) in [5.41, 5.74) is 2.40. The summed E-state index contributed by atoms with van der Waals surface area (Å²) in [5, 5.41) is 4.15. The fraction of sp³-hybridized carbons (Fsp3) is 0.455. The second-order valence-electron chi connectivity index (χ2n) is 7.49. The van der Waals surface area contributed by atoms with Crippen LogP contribution in [0.5, 0.6) is 5.75 Å². The molecule has 0 aliphatic carbocycles. The zero-order valence-corrected chi connectivity index (χ0v) is 16.0. The van der Waals surface area contributed by atoms with E-state index in [2.05, 4.69) is 49.5 Å². The summed E-state index contributed by atoms with van der Waals surface area (Å²) in [5.74, 6) is 1.52. The van der Waals surface area contributed by atoms with Crippen LogP contribution in [0.4, 0.5) is 0 Å². The molecule has 0 bridgehead atoms. The second-order valence-corrected chi connectivity index (χ2v) is 7.89. The van der Waals surface area contributed by atoms with Gasteiger partial charge in [0, 0.05) is 5.41 Å². The Kier molecular flexibility index (Phi) is 6.03. The molecule has 3 rings (SSSR count). The first-order chi connectivity index (χ1) is 12.1. The first-order valence-corrected chi connectivity index (χ1v) is 9.64. The number of rotatable bonds is 6. The van der Waals surface area contributed by atoms with Crippen molar-refractivity contribution >= 4 is 11.6 Å². The molecule has 0 spiro atoms. The molecular weight excluding hydrogens is 330 g/mol. The van der Waals surface area contributed by atoms with Crippen LogP contribution in [0, 0.1) is 5.92 Å². The van der Waals surface area contributed by atoms with Gasteiger partial charge in [-0.25, -0.2) is 0 Å². The molecule has 2 aromatic carbocycles. The van der Waals surface area contributed by atoms with E-state index in [0.717, 1.165) is 37.8 Å². The largest absolute Gasteiger partial charge is 0.492 e. The van der Waals surface area contributed by atoms with Crippen LogP contribution in [-0.4, -0.2) is 19.7 Å². The van der Waals surface area contributed by atoms with E-state index in [9.17, 15) is 0 Å². The van der Waals surface area contributed by atoms with Crippen LogP contribution in [0.1, 0.15) is 44.2 Å². The molecule has 0 amide bonds. The fourth-order valence-corrected chi connectivity index (χ4v) is 3.77. The van der Waals surface area contributed by atoms with Crippen molar-refractivity contribution in [3.05, 3.63) is 64.7 Å². The summed E-state index contributed by atoms with van der Waals surface area (Å²) in [6.07, 6.45) is 3.66. The zero-order valence-electron chi connectivity index (χ0n) is 15.2. The lowest BCUT2D eigenvalue weighted by Gasteiger charge is -2.27. The van der Waals surface area contributed by atoms with E-state index < -0.39 is 0 Å². The van der Waals surface area contributed by atoms with Crippen molar-refractivity contribution in [3.8, 4) is 5.75 Å². The molecule has 2 aromatic rings. The summed E-state index contributed by atoms with van der Waals surface area (Å²) in [4.78, 5) is 0. The molecule has 0 radical (unpaired) electrons. The predicted molar refractivity (Wildman–Crippen MR) is 106 cm³/mol. The molecule has 0 aromatic heterocycles. The Bertz CT molecular complexity index is 678. The van der Waals surface area contributed by atoms with Gasteiger partial charge in [-0.2, -0.15) is 0 Å². The third kappa shape index (κ3) is 4.56. The summed E-state index contributed by atoms with van der Waals surface area (Å²) < 4.78 is 5.95. The van der Waals surface area contributed by atoms with Crippen LogP contribution in [-0.2, 0) is 5.41 Å². The Morgan fingerprint density at radius 3 is 2.60 bits per heavy atom. The highest BCUT2D eigenvalue weighted by Crippen LogP contribution is 2.35. The highest BCUT2D eigenvalue weighted by atomic mass is 35.5. The number of hydrogen-bond donors (Lipinski definition) is 1. The zero-order chi connectivity index (χ0) is 17.7. The Labute approximate surface area is 156 Å². The van der Waals surface area contributed by atoms with Gasteiger partial charge in [0.05, 0.1) is 11.6 Å². The Morgan fingerprint density at radius 2 is 1.92 bits per heavy atom. The van der Waals surface area contributed by atoms with Crippen molar-refractivity contribution in [1.29, 1.82) is 0 Å². The SMILES string of the molecule is CC(C)(c1ccccc1)c1ccc(OCCC2CCCNC2)c(Cl)c1. The third-order valence-electron chi connectivity index (χ3n) is 5.33. The van der Waals surface area contributed by atoms with E-state index in [0.29, 0.717) is 5.02 Å². The number of hydrogen-bond acceptors (Lipinski definition) is 2. The lowest BCUT2D eigenvalue weighted by atomic mass is 9.78. The van der Waals surface area contributed by atoms with Gasteiger partial charge in [-0.05, 0) is 61.5 Å². The minimum atomic E-state index is -0.0861. The van der Waals surface area contributed by atoms with Gasteiger partial charge in [-0.15, -0.1) is 0 Å². The van der Waals surface area contributed by atoms with E-state index in [4.69, 9.17) is 16.3 Å². The number of piperidine rings is 1. The van der Waals surface area contributed by atoms with Crippen molar-refractivity contribution in [2.45, 2.75) is 38.5 Å². The van der Waals surface area contributed by atoms with Crippen molar-refractivity contribution in [1.82, 2.24) is 5.32 Å². The van der Waals surface area contributed by atoms with E-state index >= 15 is 0 Å². The monoisotopic (exact) mass is 357 g/mol. The number of ether oxygens (including phenoxy) is 1. The van der Waals surface area contributed by atoms with Gasteiger partial charge in [0.25, 0.3) is 0 Å². The molecular formula is C22H28ClNO. The van der Waals surface area contributed by atoms with E-state index in [1.165, 1.54) is 24.0 Å². The topological polar surface area (TPSA) is 21.3 Å². The van der Waals surface area contributed by atoms with Gasteiger partial charge in [0.1, 0.15) is 5.75 Å². The summed E-state index contributed by atoms with van der Waals surface area (Å²) in [6.45, 7) is 7.45. The maximum absolute atomic E-state index is 6.51. The van der Waals surface area contributed by atoms with Crippen molar-refractivity contribution in [2.24, 2.45) is 5.92 Å². The molecule has 1 unspecified atom stereocenters. The second kappa shape index (κ2) is 8.25. The van der Waals surface area contributed by atoms with E-state index in [1.54, 1.807) is 0 Å². The molecule has 0 saturated carbocycles. The standard InChI is InChI=1S/C22H28ClNO/c1-22(2,18-8-4-3-5-9-18)19-10-11-21(20(23)15-19)25-14-12-17-7-6-13-24-16-17/h3-5,8-11,15,17,24H,6-7,12-14,16H2,1-2H3. The Hall–Kier alpha value is -1.51. The van der Waals surface area contributed by atoms with Gasteiger partial charge in [-0.1, -0.05) is 61.8 Å². The van der Waals surface area contributed by atoms with Gasteiger partial charge in [0.2, 0.25) is 0 Å². The van der Waals surface area contributed by atoms with Crippen molar-refractivity contribution < 1.29 is 4.74 Å². The van der Waals surface area contributed by atoms with Crippen molar-refractivity contribution in [2.75, 3.05) is 19.7 Å². The van der Waals surface area contributed by atoms with Crippen LogP contribution < -0.4 is 10.1 Å². The molecule has 1 aliphatic rings. The van der Waals surface area contributed by atoms with Crippen molar-refractivity contribution in [3.63, 3.8) is 0 Å². The Balaban J connectivity index is 1.64. The van der Waals surface area contributed by atoms with E-state index in [-0.39, 0.29) is 5.41 Å². The lowest BCUT2D eigenvalue weighted by molar-refractivity contribution is 0.254. The highest BCUT2D eigenvalue weighted by Gasteiger charge is 2.23. The molecule has 1 saturated heterocycles. The number of halogens is 1. The van der Waals surface area contributed by atoms with Gasteiger partial charge in [0.15, 0.2) is 0 Å². The van der Waals surface area contributed by atoms with Crippen LogP contribution in [0.2, 0.25) is 5.02 Å². The molecule has 1 N–H and O–H groups in total. The molecule has 2 nitrogen and oxygen atoms in total. The minimum absolute atomic E-state index is 0.0861. The first-order valence-electron chi connectivity index (χ1n) is 9.26. The highest BCUT2D eigenvalue weighted by molar-refractivity contribution is 6.32. The normalized spacial score (nSPS) is 18.1. The molecule has 25 heavy (non-hydrogen) atoms. The van der Waals surface area contributed by atoms with Gasteiger partial charge in [-0.3, -0.25) is 0 Å². The smallest absolute Gasteiger partial charge is 0.137 e. The average Bonchev–Trinajstić information content (AvgIpc) is 2.64. The van der Waals surface area contributed by atoms with Crippen LogP contribution >= 0.6 is 11.6 Å². The molecule has 1 fully saturated rings. The molecule has 1 heterocycles. The van der Waals surface area contributed by atoms with Gasteiger partial charge >= 0.3 is 0 Å². The molecule has 1 atom stereocenters. The first kappa shape index (κ1) is 18.3. The van der Waals surface area contributed by atoms with Crippen LogP contribution in [0.25, 0.3) is 0 Å². The molecule has 1 aliphatic heterocycles. The lowest BCUT2D eigenvalue weighted by Crippen LogP contribution is -2.30. The van der Waals surface area contributed by atoms with Gasteiger partial charge < -0.3 is 10.1 Å². The molecule has 134 valence electrons. The maximum Gasteiger partial charge on any atom is 0.137 e. The minimum Gasteiger partial charge on any atom is -0.492 e. The Morgan fingerprint density at radius 1 is 1.12 bits per heavy atom. The number of benzene rings is 2. The quantitative estimate of drug-likeness (QED) is 0.743. The average molecular weight is 358 g/mol. The third-order valence-corrected chi connectivity index (χ3v) is 5.63. The van der Waals surface area contributed by atoms with E-state index in [1.807, 2.05) is 18.2 Å². The maximum atomic E-state index is 6.51. The van der Waals surface area contributed by atoms with Crippen LogP contribution in [0.3, 0.4) is 0 Å². The summed E-state index contributed by atoms with van der Waals surface area (Å²) in [6, 6.07) is 16.7. The number of nitrogens with one attached hydrogen (secondary N) is 1. The van der Waals surface area contributed by atoms with Crippen LogP contribution in [0.15, 0.2) is 48.5 Å². The summed E-state index contributed by atoms with van der Waals surface area (Å²) >= 11 is 6.51. The summed E-state index contributed by atoms with van der Waals surface area (Å²) in [7, 11) is 0. The molecule has 3 heteroatoms.